The Morgan fingerprint density at radius 1 is 1.06 bits per heavy atom. The molecule has 5 rings (SSSR count). The van der Waals surface area contributed by atoms with Crippen LogP contribution in [0.1, 0.15) is 83.1 Å². The summed E-state index contributed by atoms with van der Waals surface area (Å²) in [6.07, 6.45) is 18.4. The van der Waals surface area contributed by atoms with Gasteiger partial charge < -0.3 is 9.84 Å². The summed E-state index contributed by atoms with van der Waals surface area (Å²) in [7, 11) is 1.84. The van der Waals surface area contributed by atoms with Crippen LogP contribution >= 0.6 is 0 Å². The van der Waals surface area contributed by atoms with Gasteiger partial charge >= 0.3 is 0 Å². The molecule has 1 aromatic heterocycles. The first kappa shape index (κ1) is 22.8. The van der Waals surface area contributed by atoms with E-state index in [2.05, 4.69) is 55.2 Å². The van der Waals surface area contributed by atoms with E-state index in [1.165, 1.54) is 27.5 Å². The molecule has 1 aromatic carbocycles. The number of ether oxygens (including phenoxy) is 1. The lowest BCUT2D eigenvalue weighted by Gasteiger charge is -2.49. The third kappa shape index (κ3) is 4.08. The van der Waals surface area contributed by atoms with E-state index < -0.39 is 5.60 Å². The van der Waals surface area contributed by atoms with E-state index in [4.69, 9.17) is 4.74 Å². The molecule has 1 fully saturated rings. The molecule has 2 aromatic rings. The van der Waals surface area contributed by atoms with Crippen LogP contribution in [0, 0.1) is 11.3 Å². The molecule has 3 aliphatic rings. The zero-order valence-corrected chi connectivity index (χ0v) is 20.5. The molecule has 0 aliphatic heterocycles. The number of aliphatic hydroxyl groups is 1. The highest BCUT2D eigenvalue weighted by atomic mass is 16.5. The highest BCUT2D eigenvalue weighted by Gasteiger charge is 2.57. The average molecular weight is 446 g/mol. The Bertz CT molecular complexity index is 1070. The van der Waals surface area contributed by atoms with Gasteiger partial charge in [-0.25, -0.2) is 0 Å². The molecular weight excluding hydrogens is 406 g/mol. The number of aromatic nitrogens is 1. The molecule has 176 valence electrons. The monoisotopic (exact) mass is 445 g/mol. The summed E-state index contributed by atoms with van der Waals surface area (Å²) in [5.41, 5.74) is 3.30. The number of benzene rings is 1. The summed E-state index contributed by atoms with van der Waals surface area (Å²) in [6.45, 7) is 4.66. The Kier molecular flexibility index (Phi) is 6.22. The molecule has 1 heterocycles. The highest BCUT2D eigenvalue weighted by molar-refractivity contribution is 5.82. The van der Waals surface area contributed by atoms with Gasteiger partial charge in [0.25, 0.3) is 0 Å². The standard InChI is InChI=1S/C30H39NO2/c1-21-7-10-26(33-3)6-4-5-15-30(32)25(18-21)13-16-29(2)27(11-12-28(29)30)23-9-8-22-14-17-31-20-24(22)19-23/h8-9,13-14,17-20,26-28,32H,4-7,10-12,15-16H2,1-3H3/b21-18+/t26-,27?,28?,29?,30+/m0/s1. The largest absolute Gasteiger partial charge is 0.385 e. The molecule has 0 radical (unpaired) electrons. The van der Waals surface area contributed by atoms with Crippen LogP contribution in [0.3, 0.4) is 0 Å². The summed E-state index contributed by atoms with van der Waals surface area (Å²) in [6, 6.07) is 8.99. The Morgan fingerprint density at radius 3 is 2.79 bits per heavy atom. The third-order valence-electron chi connectivity index (χ3n) is 9.17. The number of fused-ring (bicyclic) bond motifs is 4. The van der Waals surface area contributed by atoms with Crippen LogP contribution in [0.15, 0.2) is 60.0 Å². The number of allylic oxidation sites excluding steroid dienone is 2. The van der Waals surface area contributed by atoms with Gasteiger partial charge in [0.05, 0.1) is 11.7 Å². The van der Waals surface area contributed by atoms with Crippen molar-refractivity contribution in [3.05, 3.63) is 65.5 Å². The first-order chi connectivity index (χ1) is 15.9. The van der Waals surface area contributed by atoms with Crippen LogP contribution in [0.4, 0.5) is 0 Å². The van der Waals surface area contributed by atoms with Crippen LogP contribution in [0.5, 0.6) is 0 Å². The number of hydrogen-bond donors (Lipinski definition) is 1. The van der Waals surface area contributed by atoms with Crippen LogP contribution in [-0.2, 0) is 4.74 Å². The maximum atomic E-state index is 12.4. The minimum atomic E-state index is -0.728. The van der Waals surface area contributed by atoms with E-state index in [0.717, 1.165) is 57.8 Å². The molecule has 0 amide bonds. The van der Waals surface area contributed by atoms with E-state index in [0.29, 0.717) is 17.9 Å². The fraction of sp³-hybridized carbons (Fsp3) is 0.567. The van der Waals surface area contributed by atoms with E-state index in [1.807, 2.05) is 19.5 Å². The maximum absolute atomic E-state index is 12.4. The van der Waals surface area contributed by atoms with Crippen molar-refractivity contribution in [1.82, 2.24) is 4.98 Å². The molecule has 0 bridgehead atoms. The normalized spacial score (nSPS) is 36.8. The molecule has 5 atom stereocenters. The quantitative estimate of drug-likeness (QED) is 0.535. The molecule has 0 saturated heterocycles. The van der Waals surface area contributed by atoms with E-state index in [1.54, 1.807) is 0 Å². The van der Waals surface area contributed by atoms with Gasteiger partial charge in [-0.2, -0.15) is 0 Å². The summed E-state index contributed by atoms with van der Waals surface area (Å²) in [4.78, 5) is 4.34. The van der Waals surface area contributed by atoms with Crippen LogP contribution in [-0.4, -0.2) is 28.9 Å². The van der Waals surface area contributed by atoms with Crippen molar-refractivity contribution < 1.29 is 9.84 Å². The smallest absolute Gasteiger partial charge is 0.0927 e. The molecule has 3 unspecified atom stereocenters. The number of hydrogen-bond acceptors (Lipinski definition) is 3. The predicted octanol–water partition coefficient (Wildman–Crippen LogP) is 7.11. The molecule has 3 nitrogen and oxygen atoms in total. The Balaban J connectivity index is 1.49. The van der Waals surface area contributed by atoms with Crippen molar-refractivity contribution in [1.29, 1.82) is 0 Å². The summed E-state index contributed by atoms with van der Waals surface area (Å²) < 4.78 is 5.73. The van der Waals surface area contributed by atoms with Crippen molar-refractivity contribution in [3.63, 3.8) is 0 Å². The Morgan fingerprint density at radius 2 is 1.94 bits per heavy atom. The van der Waals surface area contributed by atoms with Crippen LogP contribution in [0.25, 0.3) is 10.8 Å². The van der Waals surface area contributed by atoms with Gasteiger partial charge in [0.15, 0.2) is 0 Å². The predicted molar refractivity (Wildman–Crippen MR) is 135 cm³/mol. The number of pyridine rings is 1. The van der Waals surface area contributed by atoms with E-state index in [9.17, 15) is 5.11 Å². The van der Waals surface area contributed by atoms with Gasteiger partial charge in [-0.1, -0.05) is 49.6 Å². The number of methoxy groups -OCH3 is 1. The molecule has 3 heteroatoms. The number of nitrogens with zero attached hydrogens (tertiary/aromatic N) is 1. The summed E-state index contributed by atoms with van der Waals surface area (Å²) >= 11 is 0. The van der Waals surface area contributed by atoms with Gasteiger partial charge in [0.1, 0.15) is 0 Å². The zero-order chi connectivity index (χ0) is 23.1. The number of rotatable bonds is 2. The minimum Gasteiger partial charge on any atom is -0.385 e. The molecular formula is C30H39NO2. The topological polar surface area (TPSA) is 42.4 Å². The van der Waals surface area contributed by atoms with Gasteiger partial charge in [0, 0.05) is 24.9 Å². The van der Waals surface area contributed by atoms with E-state index in [-0.39, 0.29) is 5.41 Å². The second kappa shape index (κ2) is 9.00. The first-order valence-electron chi connectivity index (χ1n) is 12.9. The molecule has 1 N–H and O–H groups in total. The Labute approximate surface area is 199 Å². The van der Waals surface area contributed by atoms with Crippen molar-refractivity contribution in [2.75, 3.05) is 7.11 Å². The lowest BCUT2D eigenvalue weighted by atomic mass is 9.57. The molecule has 1 saturated carbocycles. The highest BCUT2D eigenvalue weighted by Crippen LogP contribution is 2.63. The van der Waals surface area contributed by atoms with E-state index >= 15 is 0 Å². The fourth-order valence-electron chi connectivity index (χ4n) is 7.26. The second-order valence-electron chi connectivity index (χ2n) is 11.1. The molecule has 0 spiro atoms. The van der Waals surface area contributed by atoms with Crippen LogP contribution in [0.2, 0.25) is 0 Å². The lowest BCUT2D eigenvalue weighted by Crippen LogP contribution is -2.49. The third-order valence-corrected chi connectivity index (χ3v) is 9.17. The van der Waals surface area contributed by atoms with Crippen LogP contribution < -0.4 is 0 Å². The summed E-state index contributed by atoms with van der Waals surface area (Å²) in [5.74, 6) is 0.762. The van der Waals surface area contributed by atoms with Gasteiger partial charge in [-0.15, -0.1) is 0 Å². The average Bonchev–Trinajstić information content (AvgIpc) is 3.17. The second-order valence-corrected chi connectivity index (χ2v) is 11.1. The molecule has 33 heavy (non-hydrogen) atoms. The SMILES string of the molecule is CO[C@H]1CCCC[C@@]2(O)C(=CCC3(C)C(c4ccc5ccncc5c4)CCC32)/C=C(\C)CC1. The van der Waals surface area contributed by atoms with Crippen molar-refractivity contribution in [2.24, 2.45) is 11.3 Å². The maximum Gasteiger partial charge on any atom is 0.0927 e. The van der Waals surface area contributed by atoms with Crippen molar-refractivity contribution in [3.8, 4) is 0 Å². The molecule has 3 aliphatic carbocycles. The Hall–Kier alpha value is -1.97. The van der Waals surface area contributed by atoms with Gasteiger partial charge in [-0.3, -0.25) is 4.98 Å². The zero-order valence-electron chi connectivity index (χ0n) is 20.5. The summed E-state index contributed by atoms with van der Waals surface area (Å²) in [5, 5.41) is 14.8. The minimum absolute atomic E-state index is 0.0745. The van der Waals surface area contributed by atoms with Gasteiger partial charge in [0.2, 0.25) is 0 Å². The lowest BCUT2D eigenvalue weighted by molar-refractivity contribution is -0.0474. The first-order valence-corrected chi connectivity index (χ1v) is 12.9. The van der Waals surface area contributed by atoms with Crippen molar-refractivity contribution >= 4 is 10.8 Å². The van der Waals surface area contributed by atoms with Gasteiger partial charge in [-0.05, 0) is 97.8 Å². The van der Waals surface area contributed by atoms with Crippen molar-refractivity contribution in [2.45, 2.75) is 89.3 Å². The fourth-order valence-corrected chi connectivity index (χ4v) is 7.26.